The van der Waals surface area contributed by atoms with Crippen molar-refractivity contribution in [2.45, 2.75) is 26.3 Å². The number of halogens is 1. The molecule has 0 spiro atoms. The first-order chi connectivity index (χ1) is 9.31. The second kappa shape index (κ2) is 6.27. The maximum atomic E-state index is 2.32. The first-order valence-corrected chi connectivity index (χ1v) is 7.32. The maximum Gasteiger partial charge on any atom is 0.136 e. The van der Waals surface area contributed by atoms with Gasteiger partial charge in [0.15, 0.2) is 0 Å². The molecule has 1 aliphatic heterocycles. The van der Waals surface area contributed by atoms with Crippen LogP contribution in [-0.2, 0) is 6.42 Å². The van der Waals surface area contributed by atoms with Crippen LogP contribution in [0.25, 0.3) is 0 Å². The second-order valence-electron chi connectivity index (χ2n) is 5.43. The van der Waals surface area contributed by atoms with E-state index in [1.807, 2.05) is 0 Å². The zero-order valence-electron chi connectivity index (χ0n) is 12.2. The molecule has 2 aromatic rings. The van der Waals surface area contributed by atoms with E-state index in [0.717, 1.165) is 17.6 Å². The molecular weight excluding hydrogens is 357 g/mol. The number of hydrogen-bond acceptors (Lipinski definition) is 0. The Morgan fingerprint density at radius 2 is 1.50 bits per heavy atom. The molecule has 1 unspecified atom stereocenters. The van der Waals surface area contributed by atoms with Gasteiger partial charge in [-0.3, -0.25) is 4.48 Å². The molecule has 0 aliphatic carbocycles. The van der Waals surface area contributed by atoms with Crippen molar-refractivity contribution in [3.63, 3.8) is 0 Å². The van der Waals surface area contributed by atoms with Crippen molar-refractivity contribution in [2.75, 3.05) is 13.1 Å². The molecule has 2 heteroatoms. The van der Waals surface area contributed by atoms with Crippen LogP contribution in [0, 0.1) is 0 Å². The summed E-state index contributed by atoms with van der Waals surface area (Å²) in [6.07, 6.45) is 1.17. The third kappa shape index (κ3) is 2.29. The van der Waals surface area contributed by atoms with Gasteiger partial charge in [-0.2, -0.15) is 0 Å². The Kier molecular flexibility index (Phi) is 4.86. The molecule has 1 aliphatic rings. The molecule has 1 atom stereocenters. The third-order valence-electron chi connectivity index (χ3n) is 4.79. The van der Waals surface area contributed by atoms with Gasteiger partial charge < -0.3 is 24.0 Å². The normalized spacial score (nSPS) is 19.2. The first kappa shape index (κ1) is 15.5. The van der Waals surface area contributed by atoms with Crippen LogP contribution in [0.2, 0.25) is 0 Å². The van der Waals surface area contributed by atoms with Gasteiger partial charge in [-0.1, -0.05) is 48.5 Å². The van der Waals surface area contributed by atoms with Crippen molar-refractivity contribution >= 4 is 5.69 Å². The van der Waals surface area contributed by atoms with Crippen LogP contribution in [0.5, 0.6) is 0 Å². The van der Waals surface area contributed by atoms with Crippen LogP contribution >= 0.6 is 0 Å². The monoisotopic (exact) mass is 379 g/mol. The summed E-state index contributed by atoms with van der Waals surface area (Å²) in [6.45, 7) is 6.96. The van der Waals surface area contributed by atoms with E-state index in [1.54, 1.807) is 0 Å². The molecule has 20 heavy (non-hydrogen) atoms. The number of hydrogen-bond donors (Lipinski definition) is 0. The quantitative estimate of drug-likeness (QED) is 0.558. The molecule has 0 saturated carbocycles. The third-order valence-corrected chi connectivity index (χ3v) is 4.79. The highest BCUT2D eigenvalue weighted by Crippen LogP contribution is 2.46. The minimum Gasteiger partial charge on any atom is -1.00 e. The Bertz CT molecular complexity index is 561. The molecule has 0 fully saturated rings. The molecule has 0 N–H and O–H groups in total. The summed E-state index contributed by atoms with van der Waals surface area (Å²) in [4.78, 5) is 0. The van der Waals surface area contributed by atoms with Crippen LogP contribution in [0.1, 0.15) is 31.0 Å². The molecule has 3 rings (SSSR count). The number of rotatable bonds is 3. The fourth-order valence-electron chi connectivity index (χ4n) is 3.75. The highest BCUT2D eigenvalue weighted by Gasteiger charge is 2.44. The average molecular weight is 379 g/mol. The topological polar surface area (TPSA) is 0 Å². The van der Waals surface area contributed by atoms with E-state index in [1.165, 1.54) is 23.2 Å². The van der Waals surface area contributed by atoms with Gasteiger partial charge >= 0.3 is 0 Å². The molecular formula is C18H22IN. The van der Waals surface area contributed by atoms with Gasteiger partial charge in [-0.15, -0.1) is 0 Å². The van der Waals surface area contributed by atoms with E-state index in [4.69, 9.17) is 0 Å². The Morgan fingerprint density at radius 1 is 0.900 bits per heavy atom. The van der Waals surface area contributed by atoms with Gasteiger partial charge in [0.1, 0.15) is 11.7 Å². The van der Waals surface area contributed by atoms with Crippen molar-refractivity contribution in [3.8, 4) is 0 Å². The van der Waals surface area contributed by atoms with Crippen molar-refractivity contribution in [1.29, 1.82) is 0 Å². The lowest BCUT2D eigenvalue weighted by Crippen LogP contribution is -3.00. The van der Waals surface area contributed by atoms with Gasteiger partial charge in [0, 0.05) is 17.5 Å². The van der Waals surface area contributed by atoms with Gasteiger partial charge in [0.05, 0.1) is 13.1 Å². The number of likely N-dealkylation sites (N-methyl/N-ethyl adjacent to an activating group) is 1. The van der Waals surface area contributed by atoms with Crippen LogP contribution < -0.4 is 28.5 Å². The number of fused-ring (bicyclic) bond motifs is 1. The van der Waals surface area contributed by atoms with Crippen LogP contribution in [0.3, 0.4) is 0 Å². The number of para-hydroxylation sites is 1. The summed E-state index contributed by atoms with van der Waals surface area (Å²) in [7, 11) is 0. The smallest absolute Gasteiger partial charge is 0.136 e. The Balaban J connectivity index is 0.00000147. The zero-order chi connectivity index (χ0) is 13.3. The van der Waals surface area contributed by atoms with E-state index in [9.17, 15) is 0 Å². The van der Waals surface area contributed by atoms with Gasteiger partial charge in [-0.05, 0) is 19.9 Å². The fraction of sp³-hybridized carbons (Fsp3) is 0.333. The lowest BCUT2D eigenvalue weighted by atomic mass is 10.0. The molecule has 1 heterocycles. The molecule has 0 radical (unpaired) electrons. The van der Waals surface area contributed by atoms with Crippen molar-refractivity contribution < 1.29 is 24.0 Å². The summed E-state index contributed by atoms with van der Waals surface area (Å²) < 4.78 is 1.10. The van der Waals surface area contributed by atoms with E-state index < -0.39 is 0 Å². The molecule has 106 valence electrons. The Labute approximate surface area is 139 Å². The average Bonchev–Trinajstić information content (AvgIpc) is 2.83. The Morgan fingerprint density at radius 3 is 2.15 bits per heavy atom. The number of benzene rings is 2. The lowest BCUT2D eigenvalue weighted by molar-refractivity contribution is -0.00000388. The molecule has 1 nitrogen and oxygen atoms in total. The zero-order valence-corrected chi connectivity index (χ0v) is 14.4. The standard InChI is InChI=1S/C18H22N.HI/c1-3-19(4-2)17-13-9-8-12-16(17)14-18(19)15-10-6-5-7-11-15;/h5-13,18H,3-4,14H2,1-2H3;1H/q+1;/p-1. The van der Waals surface area contributed by atoms with Crippen molar-refractivity contribution in [3.05, 3.63) is 65.7 Å². The highest BCUT2D eigenvalue weighted by molar-refractivity contribution is 5.57. The first-order valence-electron chi connectivity index (χ1n) is 7.32. The fourth-order valence-corrected chi connectivity index (χ4v) is 3.75. The molecule has 2 aromatic carbocycles. The number of quaternary nitrogens is 1. The van der Waals surface area contributed by atoms with Crippen LogP contribution in [0.4, 0.5) is 5.69 Å². The van der Waals surface area contributed by atoms with E-state index in [-0.39, 0.29) is 24.0 Å². The highest BCUT2D eigenvalue weighted by atomic mass is 127. The molecule has 0 aromatic heterocycles. The largest absolute Gasteiger partial charge is 1.00 e. The van der Waals surface area contributed by atoms with Gasteiger partial charge in [0.25, 0.3) is 0 Å². The molecule has 0 bridgehead atoms. The predicted molar refractivity (Wildman–Crippen MR) is 82.2 cm³/mol. The predicted octanol–water partition coefficient (Wildman–Crippen LogP) is 1.34. The summed E-state index contributed by atoms with van der Waals surface area (Å²) in [5.41, 5.74) is 4.53. The summed E-state index contributed by atoms with van der Waals surface area (Å²) in [6, 6.07) is 20.6. The maximum absolute atomic E-state index is 2.32. The van der Waals surface area contributed by atoms with Crippen LogP contribution in [-0.4, -0.2) is 13.1 Å². The van der Waals surface area contributed by atoms with Crippen LogP contribution in [0.15, 0.2) is 54.6 Å². The van der Waals surface area contributed by atoms with Crippen molar-refractivity contribution in [1.82, 2.24) is 4.48 Å². The Hall–Kier alpha value is -0.870. The molecule has 0 saturated heterocycles. The SMILES string of the molecule is CC[N+]1(CC)c2ccccc2CC1c1ccccc1.[I-]. The minimum atomic E-state index is 0. The minimum absolute atomic E-state index is 0. The summed E-state index contributed by atoms with van der Waals surface area (Å²) >= 11 is 0. The molecule has 0 amide bonds. The van der Waals surface area contributed by atoms with E-state index in [0.29, 0.717) is 6.04 Å². The summed E-state index contributed by atoms with van der Waals surface area (Å²) in [5, 5.41) is 0. The van der Waals surface area contributed by atoms with E-state index in [2.05, 4.69) is 68.4 Å². The van der Waals surface area contributed by atoms with Gasteiger partial charge in [-0.25, -0.2) is 0 Å². The van der Waals surface area contributed by atoms with E-state index >= 15 is 0 Å². The lowest BCUT2D eigenvalue weighted by Gasteiger charge is -2.39. The van der Waals surface area contributed by atoms with Gasteiger partial charge in [0.2, 0.25) is 0 Å². The number of nitrogens with zero attached hydrogens (tertiary/aromatic N) is 1. The summed E-state index contributed by atoms with van der Waals surface area (Å²) in [5.74, 6) is 0. The van der Waals surface area contributed by atoms with Crippen molar-refractivity contribution in [2.24, 2.45) is 0 Å². The second-order valence-corrected chi connectivity index (χ2v) is 5.43.